The summed E-state index contributed by atoms with van der Waals surface area (Å²) in [4.78, 5) is 11.5. The Morgan fingerprint density at radius 3 is 2.67 bits per heavy atom. The second-order valence-corrected chi connectivity index (χ2v) is 4.14. The molecule has 0 aliphatic carbocycles. The molecule has 1 unspecified atom stereocenters. The predicted molar refractivity (Wildman–Crippen MR) is 70.7 cm³/mol. The fourth-order valence-corrected chi connectivity index (χ4v) is 1.44. The van der Waals surface area contributed by atoms with Crippen molar-refractivity contribution in [3.63, 3.8) is 0 Å². The summed E-state index contributed by atoms with van der Waals surface area (Å²) in [5, 5.41) is 14.8. The lowest BCUT2D eigenvalue weighted by atomic mass is 10.2. The van der Waals surface area contributed by atoms with Gasteiger partial charge < -0.3 is 20.5 Å². The number of rotatable bonds is 6. The van der Waals surface area contributed by atoms with Gasteiger partial charge in [0.2, 0.25) is 0 Å². The van der Waals surface area contributed by atoms with Crippen LogP contribution in [-0.2, 0) is 4.74 Å². The highest BCUT2D eigenvalue weighted by molar-refractivity contribution is 5.89. The van der Waals surface area contributed by atoms with Crippen molar-refractivity contribution >= 4 is 11.7 Å². The van der Waals surface area contributed by atoms with Crippen molar-refractivity contribution in [1.29, 1.82) is 0 Å². The monoisotopic (exact) mass is 252 g/mol. The molecule has 1 aromatic rings. The van der Waals surface area contributed by atoms with Crippen molar-refractivity contribution in [2.45, 2.75) is 19.4 Å². The van der Waals surface area contributed by atoms with Crippen molar-refractivity contribution < 1.29 is 14.6 Å². The van der Waals surface area contributed by atoms with Crippen molar-refractivity contribution in [3.05, 3.63) is 29.8 Å². The number of anilines is 1. The van der Waals surface area contributed by atoms with Gasteiger partial charge in [-0.15, -0.1) is 0 Å². The van der Waals surface area contributed by atoms with Gasteiger partial charge in [-0.25, -0.2) is 4.79 Å². The Balaban J connectivity index is 2.23. The summed E-state index contributed by atoms with van der Waals surface area (Å²) in [6.07, 6.45) is -0.0792. The van der Waals surface area contributed by atoms with E-state index in [-0.39, 0.29) is 12.6 Å². The summed E-state index contributed by atoms with van der Waals surface area (Å²) >= 11 is 0. The van der Waals surface area contributed by atoms with Crippen LogP contribution in [0.5, 0.6) is 0 Å². The third kappa shape index (κ3) is 5.65. The molecule has 1 atom stereocenters. The van der Waals surface area contributed by atoms with Gasteiger partial charge in [0.15, 0.2) is 0 Å². The number of aliphatic hydroxyl groups excluding tert-OH is 1. The van der Waals surface area contributed by atoms with Crippen LogP contribution in [0.25, 0.3) is 0 Å². The zero-order chi connectivity index (χ0) is 13.4. The molecule has 0 aliphatic heterocycles. The number of hydrogen-bond acceptors (Lipinski definition) is 3. The molecule has 2 amide bonds. The van der Waals surface area contributed by atoms with Crippen molar-refractivity contribution in [2.24, 2.45) is 0 Å². The van der Waals surface area contributed by atoms with Crippen LogP contribution in [0.4, 0.5) is 10.5 Å². The highest BCUT2D eigenvalue weighted by atomic mass is 16.5. The second kappa shape index (κ2) is 7.68. The van der Waals surface area contributed by atoms with Gasteiger partial charge in [-0.3, -0.25) is 0 Å². The Bertz CT molecular complexity index is 365. The van der Waals surface area contributed by atoms with E-state index in [4.69, 9.17) is 4.74 Å². The first-order valence-electron chi connectivity index (χ1n) is 5.90. The Hall–Kier alpha value is -1.59. The minimum absolute atomic E-state index is 0.275. The summed E-state index contributed by atoms with van der Waals surface area (Å²) in [7, 11) is 1.53. The smallest absolute Gasteiger partial charge is 0.319 e. The number of carbonyl (C=O) groups is 1. The Labute approximate surface area is 107 Å². The van der Waals surface area contributed by atoms with Gasteiger partial charge >= 0.3 is 6.03 Å². The molecular weight excluding hydrogens is 232 g/mol. The largest absolute Gasteiger partial charge is 0.391 e. The first-order chi connectivity index (χ1) is 8.61. The number of urea groups is 1. The van der Waals surface area contributed by atoms with Gasteiger partial charge in [0, 0.05) is 19.3 Å². The van der Waals surface area contributed by atoms with Gasteiger partial charge in [-0.2, -0.15) is 0 Å². The van der Waals surface area contributed by atoms with Crippen LogP contribution in [0.15, 0.2) is 24.3 Å². The van der Waals surface area contributed by atoms with Crippen molar-refractivity contribution in [3.8, 4) is 0 Å². The highest BCUT2D eigenvalue weighted by Gasteiger charge is 2.05. The number of ether oxygens (including phenoxy) is 1. The molecule has 1 rings (SSSR count). The lowest BCUT2D eigenvalue weighted by Crippen LogP contribution is -2.32. The van der Waals surface area contributed by atoms with Gasteiger partial charge in [0.1, 0.15) is 0 Å². The topological polar surface area (TPSA) is 70.6 Å². The van der Waals surface area contributed by atoms with E-state index in [1.165, 1.54) is 7.11 Å². The van der Waals surface area contributed by atoms with Crippen molar-refractivity contribution in [2.75, 3.05) is 25.6 Å². The van der Waals surface area contributed by atoms with Crippen LogP contribution < -0.4 is 10.6 Å². The van der Waals surface area contributed by atoms with Crippen LogP contribution in [0.2, 0.25) is 0 Å². The molecule has 0 heterocycles. The molecule has 0 saturated carbocycles. The first kappa shape index (κ1) is 14.5. The number of carbonyl (C=O) groups excluding carboxylic acids is 1. The van der Waals surface area contributed by atoms with Gasteiger partial charge in [0.05, 0.1) is 12.7 Å². The third-order valence-corrected chi connectivity index (χ3v) is 2.43. The number of aliphatic hydroxyl groups is 1. The van der Waals surface area contributed by atoms with Crippen LogP contribution >= 0.6 is 0 Å². The number of amides is 2. The van der Waals surface area contributed by atoms with Gasteiger partial charge in [0.25, 0.3) is 0 Å². The third-order valence-electron chi connectivity index (χ3n) is 2.43. The number of hydrogen-bond donors (Lipinski definition) is 3. The molecule has 3 N–H and O–H groups in total. The van der Waals surface area contributed by atoms with Crippen LogP contribution in [-0.4, -0.2) is 37.5 Å². The van der Waals surface area contributed by atoms with E-state index in [0.29, 0.717) is 13.0 Å². The standard InChI is InChI=1S/C13H20N2O3/c1-10-3-5-11(6-4-10)15-13(17)14-8-7-12(16)9-18-2/h3-6,12,16H,7-9H2,1-2H3,(H2,14,15,17). The van der Waals surface area contributed by atoms with Crippen LogP contribution in [0, 0.1) is 6.92 Å². The summed E-state index contributed by atoms with van der Waals surface area (Å²) in [6.45, 7) is 2.67. The lowest BCUT2D eigenvalue weighted by Gasteiger charge is -2.11. The number of benzene rings is 1. The molecule has 0 saturated heterocycles. The molecule has 0 radical (unpaired) electrons. The molecule has 18 heavy (non-hydrogen) atoms. The zero-order valence-electron chi connectivity index (χ0n) is 10.8. The SMILES string of the molecule is COCC(O)CCNC(=O)Nc1ccc(C)cc1. The summed E-state index contributed by atoms with van der Waals surface area (Å²) < 4.78 is 4.79. The molecule has 5 heteroatoms. The molecule has 0 bridgehead atoms. The second-order valence-electron chi connectivity index (χ2n) is 4.14. The van der Waals surface area contributed by atoms with E-state index in [9.17, 15) is 9.90 Å². The van der Waals surface area contributed by atoms with E-state index >= 15 is 0 Å². The molecule has 0 spiro atoms. The first-order valence-corrected chi connectivity index (χ1v) is 5.90. The molecule has 0 aliphatic rings. The maximum Gasteiger partial charge on any atom is 0.319 e. The molecule has 0 aromatic heterocycles. The van der Waals surface area contributed by atoms with Gasteiger partial charge in [-0.1, -0.05) is 17.7 Å². The van der Waals surface area contributed by atoms with Gasteiger partial charge in [-0.05, 0) is 25.5 Å². The maximum absolute atomic E-state index is 11.5. The fourth-order valence-electron chi connectivity index (χ4n) is 1.44. The Morgan fingerprint density at radius 1 is 1.39 bits per heavy atom. The van der Waals surface area contributed by atoms with E-state index in [1.54, 1.807) is 0 Å². The fraction of sp³-hybridized carbons (Fsp3) is 0.462. The summed E-state index contributed by atoms with van der Waals surface area (Å²) in [5.74, 6) is 0. The molecular formula is C13H20N2O3. The van der Waals surface area contributed by atoms with Crippen LogP contribution in [0.1, 0.15) is 12.0 Å². The molecule has 5 nitrogen and oxygen atoms in total. The maximum atomic E-state index is 11.5. The number of methoxy groups -OCH3 is 1. The highest BCUT2D eigenvalue weighted by Crippen LogP contribution is 2.07. The summed E-state index contributed by atoms with van der Waals surface area (Å²) in [6, 6.07) is 7.27. The molecule has 0 fully saturated rings. The zero-order valence-corrected chi connectivity index (χ0v) is 10.8. The van der Waals surface area contributed by atoms with E-state index < -0.39 is 6.10 Å². The van der Waals surface area contributed by atoms with E-state index in [0.717, 1.165) is 11.3 Å². The minimum Gasteiger partial charge on any atom is -0.391 e. The Kier molecular flexibility index (Phi) is 6.18. The van der Waals surface area contributed by atoms with E-state index in [2.05, 4.69) is 10.6 Å². The molecule has 1 aromatic carbocycles. The number of aryl methyl sites for hydroxylation is 1. The minimum atomic E-state index is -0.547. The van der Waals surface area contributed by atoms with Crippen LogP contribution in [0.3, 0.4) is 0 Å². The van der Waals surface area contributed by atoms with Crippen molar-refractivity contribution in [1.82, 2.24) is 5.32 Å². The summed E-state index contributed by atoms with van der Waals surface area (Å²) in [5.41, 5.74) is 1.89. The average molecular weight is 252 g/mol. The average Bonchev–Trinajstić information content (AvgIpc) is 2.32. The number of nitrogens with one attached hydrogen (secondary N) is 2. The quantitative estimate of drug-likeness (QED) is 0.718. The predicted octanol–water partition coefficient (Wildman–Crippen LogP) is 1.51. The Morgan fingerprint density at radius 2 is 2.06 bits per heavy atom. The normalized spacial score (nSPS) is 11.9. The molecule has 100 valence electrons. The lowest BCUT2D eigenvalue weighted by molar-refractivity contribution is 0.0599. The van der Waals surface area contributed by atoms with E-state index in [1.807, 2.05) is 31.2 Å².